The van der Waals surface area contributed by atoms with E-state index in [9.17, 15) is 0 Å². The molecule has 0 aromatic heterocycles. The Balaban J connectivity index is 2.45. The highest BCUT2D eigenvalue weighted by atomic mass is 35.5. The van der Waals surface area contributed by atoms with E-state index >= 15 is 0 Å². The quantitative estimate of drug-likeness (QED) is 0.759. The second-order valence-corrected chi connectivity index (χ2v) is 3.52. The lowest BCUT2D eigenvalue weighted by Crippen LogP contribution is -2.09. The summed E-state index contributed by atoms with van der Waals surface area (Å²) in [5, 5.41) is 4.04. The first-order chi connectivity index (χ1) is 6.74. The third-order valence-electron chi connectivity index (χ3n) is 1.97. The molecule has 0 saturated carbocycles. The second-order valence-electron chi connectivity index (χ2n) is 3.08. The number of nitrogens with one attached hydrogen (secondary N) is 1. The van der Waals surface area contributed by atoms with Gasteiger partial charge in [0.25, 0.3) is 0 Å². The molecule has 0 aliphatic carbocycles. The second kappa shape index (κ2) is 5.89. The SMILES string of the molecule is CCOCCNc1cc(Cl)ccc1C. The van der Waals surface area contributed by atoms with Crippen molar-refractivity contribution >= 4 is 17.3 Å². The monoisotopic (exact) mass is 213 g/mol. The van der Waals surface area contributed by atoms with E-state index in [0.29, 0.717) is 0 Å². The average Bonchev–Trinajstić information content (AvgIpc) is 2.18. The predicted molar refractivity (Wildman–Crippen MR) is 61.2 cm³/mol. The molecule has 0 aliphatic heterocycles. The van der Waals surface area contributed by atoms with Crippen LogP contribution in [0.4, 0.5) is 5.69 Å². The maximum atomic E-state index is 5.89. The minimum atomic E-state index is 0.725. The molecule has 0 atom stereocenters. The molecule has 0 saturated heterocycles. The van der Waals surface area contributed by atoms with Crippen molar-refractivity contribution in [2.24, 2.45) is 0 Å². The molecule has 0 amide bonds. The fraction of sp³-hybridized carbons (Fsp3) is 0.455. The molecular formula is C11H16ClNO. The highest BCUT2D eigenvalue weighted by molar-refractivity contribution is 6.30. The number of halogens is 1. The van der Waals surface area contributed by atoms with E-state index in [-0.39, 0.29) is 0 Å². The molecule has 0 fully saturated rings. The highest BCUT2D eigenvalue weighted by Gasteiger charge is 1.97. The standard InChI is InChI=1S/C11H16ClNO/c1-3-14-7-6-13-11-8-10(12)5-4-9(11)2/h4-5,8,13H,3,6-7H2,1-2H3. The van der Waals surface area contributed by atoms with Crippen molar-refractivity contribution in [1.82, 2.24) is 0 Å². The Bertz CT molecular complexity index is 289. The lowest BCUT2D eigenvalue weighted by Gasteiger charge is -2.09. The van der Waals surface area contributed by atoms with Gasteiger partial charge in [-0.05, 0) is 31.5 Å². The number of anilines is 1. The van der Waals surface area contributed by atoms with Crippen LogP contribution in [-0.2, 0) is 4.74 Å². The van der Waals surface area contributed by atoms with Crippen LogP contribution in [0.1, 0.15) is 12.5 Å². The Labute approximate surface area is 90.2 Å². The van der Waals surface area contributed by atoms with Gasteiger partial charge in [-0.3, -0.25) is 0 Å². The molecule has 0 spiro atoms. The van der Waals surface area contributed by atoms with Crippen molar-refractivity contribution < 1.29 is 4.74 Å². The summed E-state index contributed by atoms with van der Waals surface area (Å²) >= 11 is 5.89. The minimum absolute atomic E-state index is 0.725. The molecule has 3 heteroatoms. The van der Waals surface area contributed by atoms with E-state index in [1.165, 1.54) is 5.56 Å². The molecule has 1 aromatic carbocycles. The van der Waals surface area contributed by atoms with E-state index in [4.69, 9.17) is 16.3 Å². The van der Waals surface area contributed by atoms with Crippen molar-refractivity contribution in [2.45, 2.75) is 13.8 Å². The van der Waals surface area contributed by atoms with Crippen LogP contribution in [0.3, 0.4) is 0 Å². The van der Waals surface area contributed by atoms with Gasteiger partial charge in [-0.15, -0.1) is 0 Å². The van der Waals surface area contributed by atoms with Crippen molar-refractivity contribution in [3.63, 3.8) is 0 Å². The van der Waals surface area contributed by atoms with Gasteiger partial charge in [-0.2, -0.15) is 0 Å². The molecule has 78 valence electrons. The maximum Gasteiger partial charge on any atom is 0.0638 e. The largest absolute Gasteiger partial charge is 0.382 e. The zero-order valence-electron chi connectivity index (χ0n) is 8.64. The Morgan fingerprint density at radius 1 is 1.43 bits per heavy atom. The van der Waals surface area contributed by atoms with Crippen LogP contribution in [0.2, 0.25) is 5.02 Å². The summed E-state index contributed by atoms with van der Waals surface area (Å²) in [6.07, 6.45) is 0. The summed E-state index contributed by atoms with van der Waals surface area (Å²) in [5.41, 5.74) is 2.28. The molecule has 0 aliphatic rings. The zero-order chi connectivity index (χ0) is 10.4. The molecule has 0 bridgehead atoms. The van der Waals surface area contributed by atoms with Gasteiger partial charge in [0, 0.05) is 23.9 Å². The van der Waals surface area contributed by atoms with Gasteiger partial charge >= 0.3 is 0 Å². The van der Waals surface area contributed by atoms with Gasteiger partial charge in [0.15, 0.2) is 0 Å². The topological polar surface area (TPSA) is 21.3 Å². The number of ether oxygens (including phenoxy) is 1. The van der Waals surface area contributed by atoms with Gasteiger partial charge in [0.2, 0.25) is 0 Å². The Kier molecular flexibility index (Phi) is 4.77. The first-order valence-corrected chi connectivity index (χ1v) is 5.19. The van der Waals surface area contributed by atoms with Crippen molar-refractivity contribution in [1.29, 1.82) is 0 Å². The number of hydrogen-bond acceptors (Lipinski definition) is 2. The van der Waals surface area contributed by atoms with Gasteiger partial charge in [0.05, 0.1) is 6.61 Å². The summed E-state index contributed by atoms with van der Waals surface area (Å²) in [6, 6.07) is 5.83. The van der Waals surface area contributed by atoms with Crippen LogP contribution in [0, 0.1) is 6.92 Å². The highest BCUT2D eigenvalue weighted by Crippen LogP contribution is 2.19. The van der Waals surface area contributed by atoms with E-state index in [0.717, 1.165) is 30.5 Å². The number of benzene rings is 1. The third-order valence-corrected chi connectivity index (χ3v) is 2.20. The van der Waals surface area contributed by atoms with E-state index in [2.05, 4.69) is 12.2 Å². The van der Waals surface area contributed by atoms with Crippen LogP contribution in [0.5, 0.6) is 0 Å². The first-order valence-electron chi connectivity index (χ1n) is 4.82. The normalized spacial score (nSPS) is 10.2. The van der Waals surface area contributed by atoms with E-state index in [1.807, 2.05) is 25.1 Å². The van der Waals surface area contributed by atoms with Crippen molar-refractivity contribution in [3.8, 4) is 0 Å². The van der Waals surface area contributed by atoms with Crippen molar-refractivity contribution in [2.75, 3.05) is 25.1 Å². The molecule has 1 aromatic rings. The molecule has 0 radical (unpaired) electrons. The minimum Gasteiger partial charge on any atom is -0.382 e. The van der Waals surface area contributed by atoms with Gasteiger partial charge < -0.3 is 10.1 Å². The molecule has 0 unspecified atom stereocenters. The zero-order valence-corrected chi connectivity index (χ0v) is 9.40. The Hall–Kier alpha value is -0.730. The van der Waals surface area contributed by atoms with Gasteiger partial charge in [-0.25, -0.2) is 0 Å². The average molecular weight is 214 g/mol. The number of hydrogen-bond donors (Lipinski definition) is 1. The van der Waals surface area contributed by atoms with Crippen LogP contribution >= 0.6 is 11.6 Å². The summed E-state index contributed by atoms with van der Waals surface area (Å²) in [7, 11) is 0. The Morgan fingerprint density at radius 2 is 2.21 bits per heavy atom. The molecule has 0 heterocycles. The predicted octanol–water partition coefficient (Wildman–Crippen LogP) is 3.10. The lowest BCUT2D eigenvalue weighted by atomic mass is 10.2. The fourth-order valence-electron chi connectivity index (χ4n) is 1.19. The van der Waals surface area contributed by atoms with E-state index in [1.54, 1.807) is 0 Å². The van der Waals surface area contributed by atoms with E-state index < -0.39 is 0 Å². The summed E-state index contributed by atoms with van der Waals surface area (Å²) in [5.74, 6) is 0. The molecule has 14 heavy (non-hydrogen) atoms. The number of rotatable bonds is 5. The summed E-state index contributed by atoms with van der Waals surface area (Å²) < 4.78 is 5.23. The summed E-state index contributed by atoms with van der Waals surface area (Å²) in [4.78, 5) is 0. The first kappa shape index (κ1) is 11.3. The van der Waals surface area contributed by atoms with Gasteiger partial charge in [-0.1, -0.05) is 17.7 Å². The van der Waals surface area contributed by atoms with Crippen molar-refractivity contribution in [3.05, 3.63) is 28.8 Å². The van der Waals surface area contributed by atoms with Crippen LogP contribution in [0.15, 0.2) is 18.2 Å². The summed E-state index contributed by atoms with van der Waals surface area (Å²) in [6.45, 7) is 6.34. The van der Waals surface area contributed by atoms with Gasteiger partial charge in [0.1, 0.15) is 0 Å². The smallest absolute Gasteiger partial charge is 0.0638 e. The molecule has 1 rings (SSSR count). The fourth-order valence-corrected chi connectivity index (χ4v) is 1.36. The number of aryl methyl sites for hydroxylation is 1. The third kappa shape index (κ3) is 3.56. The van der Waals surface area contributed by atoms with Crippen LogP contribution in [0.25, 0.3) is 0 Å². The molecular weight excluding hydrogens is 198 g/mol. The lowest BCUT2D eigenvalue weighted by molar-refractivity contribution is 0.158. The van der Waals surface area contributed by atoms with Crippen LogP contribution < -0.4 is 5.32 Å². The molecule has 2 nitrogen and oxygen atoms in total. The van der Waals surface area contributed by atoms with Crippen LogP contribution in [-0.4, -0.2) is 19.8 Å². The Morgan fingerprint density at radius 3 is 2.93 bits per heavy atom. The maximum absolute atomic E-state index is 5.89. The molecule has 1 N–H and O–H groups in total.